The Labute approximate surface area is 268 Å². The van der Waals surface area contributed by atoms with E-state index in [0.717, 1.165) is 12.8 Å². The normalized spacial score (nSPS) is 20.5. The number of halogens is 3. The highest BCUT2D eigenvalue weighted by Crippen LogP contribution is 2.29. The topological polar surface area (TPSA) is 120 Å². The van der Waals surface area contributed by atoms with Gasteiger partial charge >= 0.3 is 12.2 Å². The minimum Gasteiger partial charge on any atom is -0.490 e. The quantitative estimate of drug-likeness (QED) is 0.326. The number of rotatable bonds is 8. The number of anilines is 2. The summed E-state index contributed by atoms with van der Waals surface area (Å²) < 4.78 is 50.4. The highest BCUT2D eigenvalue weighted by atomic mass is 19.4. The van der Waals surface area contributed by atoms with Gasteiger partial charge in [0.05, 0.1) is 36.8 Å². The number of urea groups is 1. The molecule has 0 aromatic heterocycles. The number of alkyl halides is 3. The number of para-hydroxylation sites is 1. The van der Waals surface area contributed by atoms with E-state index in [9.17, 15) is 32.7 Å². The summed E-state index contributed by atoms with van der Waals surface area (Å²) in [5.74, 6) is -1.36. The Morgan fingerprint density at radius 3 is 2.48 bits per heavy atom. The molecule has 3 rings (SSSR count). The third-order valence-electron chi connectivity index (χ3n) is 7.80. The number of hydrogen-bond donors (Lipinski definition) is 3. The summed E-state index contributed by atoms with van der Waals surface area (Å²) in [4.78, 5) is 42.4. The van der Waals surface area contributed by atoms with Crippen LogP contribution in [0.3, 0.4) is 0 Å². The van der Waals surface area contributed by atoms with Crippen LogP contribution < -0.4 is 15.4 Å². The lowest BCUT2D eigenvalue weighted by Crippen LogP contribution is -2.48. The highest BCUT2D eigenvalue weighted by molar-refractivity contribution is 5.99. The molecule has 10 nitrogen and oxygen atoms in total. The van der Waals surface area contributed by atoms with Crippen LogP contribution in [0.5, 0.6) is 5.75 Å². The van der Waals surface area contributed by atoms with Crippen molar-refractivity contribution in [1.82, 2.24) is 9.80 Å². The summed E-state index contributed by atoms with van der Waals surface area (Å²) in [6.07, 6.45) is -5.07. The van der Waals surface area contributed by atoms with Crippen LogP contribution in [0, 0.1) is 5.92 Å². The number of amides is 4. The Hall–Kier alpha value is -3.84. The molecule has 13 heteroatoms. The fraction of sp³-hybridized carbons (Fsp3) is 0.545. The maximum absolute atomic E-state index is 14.2. The van der Waals surface area contributed by atoms with Crippen LogP contribution in [0.4, 0.5) is 29.3 Å². The van der Waals surface area contributed by atoms with Gasteiger partial charge in [-0.25, -0.2) is 4.79 Å². The fourth-order valence-electron chi connectivity index (χ4n) is 5.03. The molecule has 0 aliphatic carbocycles. The van der Waals surface area contributed by atoms with Crippen molar-refractivity contribution in [3.8, 4) is 5.75 Å². The SMILES string of the molecule is C[C@@H]1CCCCO[C@@H](CN(C)C(=O)Nc2ccccc2)[C@H](C)CN([C@H](C)CO)C(=O)c2cc(NC(=O)CCC(F)(F)F)ccc2O1. The molecule has 2 aromatic carbocycles. The molecule has 46 heavy (non-hydrogen) atoms. The number of benzene rings is 2. The van der Waals surface area contributed by atoms with Crippen LogP contribution in [0.1, 0.15) is 63.2 Å². The molecule has 0 fully saturated rings. The van der Waals surface area contributed by atoms with Gasteiger partial charge in [-0.2, -0.15) is 13.2 Å². The van der Waals surface area contributed by atoms with Crippen molar-refractivity contribution >= 4 is 29.2 Å². The number of hydrogen-bond acceptors (Lipinski definition) is 6. The summed E-state index contributed by atoms with van der Waals surface area (Å²) in [6, 6.07) is 12.5. The first-order valence-corrected chi connectivity index (χ1v) is 15.5. The Kier molecular flexibility index (Phi) is 13.7. The van der Waals surface area contributed by atoms with Gasteiger partial charge in [-0.05, 0) is 63.4 Å². The van der Waals surface area contributed by atoms with Crippen molar-refractivity contribution in [2.45, 2.75) is 77.3 Å². The maximum atomic E-state index is 14.2. The highest BCUT2D eigenvalue weighted by Gasteiger charge is 2.31. The molecule has 1 heterocycles. The minimum absolute atomic E-state index is 0.0989. The van der Waals surface area contributed by atoms with Crippen LogP contribution >= 0.6 is 0 Å². The van der Waals surface area contributed by atoms with Gasteiger partial charge in [0.25, 0.3) is 5.91 Å². The Balaban J connectivity index is 1.88. The molecule has 0 radical (unpaired) electrons. The zero-order valence-electron chi connectivity index (χ0n) is 26.8. The molecule has 3 N–H and O–H groups in total. The lowest BCUT2D eigenvalue weighted by atomic mass is 10.0. The lowest BCUT2D eigenvalue weighted by molar-refractivity contribution is -0.142. The Morgan fingerprint density at radius 2 is 1.80 bits per heavy atom. The van der Waals surface area contributed by atoms with Crippen molar-refractivity contribution in [1.29, 1.82) is 0 Å². The third kappa shape index (κ3) is 11.5. The van der Waals surface area contributed by atoms with Crippen molar-refractivity contribution in [2.75, 3.05) is 44.0 Å². The zero-order chi connectivity index (χ0) is 33.9. The van der Waals surface area contributed by atoms with E-state index < -0.39 is 43.0 Å². The van der Waals surface area contributed by atoms with Gasteiger partial charge in [-0.15, -0.1) is 0 Å². The largest absolute Gasteiger partial charge is 0.490 e. The van der Waals surface area contributed by atoms with Gasteiger partial charge in [0.1, 0.15) is 5.75 Å². The second kappa shape index (κ2) is 17.2. The van der Waals surface area contributed by atoms with Gasteiger partial charge in [0.15, 0.2) is 0 Å². The van der Waals surface area contributed by atoms with Crippen molar-refractivity contribution in [3.63, 3.8) is 0 Å². The van der Waals surface area contributed by atoms with Crippen molar-refractivity contribution in [2.24, 2.45) is 5.92 Å². The van der Waals surface area contributed by atoms with Gasteiger partial charge in [0.2, 0.25) is 5.91 Å². The molecule has 4 atom stereocenters. The summed E-state index contributed by atoms with van der Waals surface area (Å²) in [5.41, 5.74) is 0.897. The second-order valence-corrected chi connectivity index (χ2v) is 11.9. The van der Waals surface area contributed by atoms with E-state index in [1.807, 2.05) is 32.0 Å². The molecule has 0 saturated carbocycles. The number of nitrogens with one attached hydrogen (secondary N) is 2. The van der Waals surface area contributed by atoms with Gasteiger partial charge < -0.3 is 35.0 Å². The van der Waals surface area contributed by atoms with E-state index in [1.165, 1.54) is 28.0 Å². The van der Waals surface area contributed by atoms with Gasteiger partial charge in [-0.1, -0.05) is 25.1 Å². The summed E-state index contributed by atoms with van der Waals surface area (Å²) >= 11 is 0. The summed E-state index contributed by atoms with van der Waals surface area (Å²) in [7, 11) is 1.67. The monoisotopic (exact) mass is 650 g/mol. The molecule has 4 amide bonds. The average Bonchev–Trinajstić information content (AvgIpc) is 3.01. The molecule has 1 aliphatic heterocycles. The number of aliphatic hydroxyl groups is 1. The molecule has 0 unspecified atom stereocenters. The number of fused-ring (bicyclic) bond motifs is 1. The number of nitrogens with zero attached hydrogens (tertiary/aromatic N) is 2. The number of ether oxygens (including phenoxy) is 2. The maximum Gasteiger partial charge on any atom is 0.389 e. The van der Waals surface area contributed by atoms with E-state index in [0.29, 0.717) is 18.7 Å². The average molecular weight is 651 g/mol. The van der Waals surface area contributed by atoms with Gasteiger partial charge in [-0.3, -0.25) is 9.59 Å². The van der Waals surface area contributed by atoms with Gasteiger partial charge in [0, 0.05) is 50.5 Å². The summed E-state index contributed by atoms with van der Waals surface area (Å²) in [6.45, 7) is 5.94. The number of likely N-dealkylation sites (N-methyl/N-ethyl adjacent to an activating group) is 1. The molecule has 2 aromatic rings. The fourth-order valence-corrected chi connectivity index (χ4v) is 5.03. The number of carbonyl (C=O) groups excluding carboxylic acids is 3. The van der Waals surface area contributed by atoms with Crippen LogP contribution in [0.2, 0.25) is 0 Å². The first-order valence-electron chi connectivity index (χ1n) is 15.5. The molecule has 1 aliphatic rings. The first kappa shape index (κ1) is 36.6. The number of aliphatic hydroxyl groups excluding tert-OH is 1. The molecule has 0 bridgehead atoms. The minimum atomic E-state index is -4.48. The van der Waals surface area contributed by atoms with Crippen LogP contribution in [-0.4, -0.2) is 90.5 Å². The predicted molar refractivity (Wildman–Crippen MR) is 169 cm³/mol. The molecular formula is C33H45F3N4O6. The third-order valence-corrected chi connectivity index (χ3v) is 7.80. The second-order valence-electron chi connectivity index (χ2n) is 11.9. The predicted octanol–water partition coefficient (Wildman–Crippen LogP) is 5.93. The standard InChI is InChI=1S/C33H45F3N4O6/c1-22-19-40(23(2)21-41)31(43)27-18-26(37-30(42)15-16-33(34,35)36)13-14-28(27)46-24(3)10-8-9-17-45-29(22)20-39(4)32(44)38-25-11-6-5-7-12-25/h5-7,11-14,18,22-24,29,41H,8-10,15-17,19-21H2,1-4H3,(H,37,42)(H,38,44)/t22-,23-,24-,29+/m1/s1. The zero-order valence-corrected chi connectivity index (χ0v) is 26.8. The van der Waals surface area contributed by atoms with E-state index >= 15 is 0 Å². The first-order chi connectivity index (χ1) is 21.8. The van der Waals surface area contributed by atoms with Crippen LogP contribution in [-0.2, 0) is 9.53 Å². The molecule has 0 spiro atoms. The number of carbonyl (C=O) groups is 3. The Morgan fingerprint density at radius 1 is 1.09 bits per heavy atom. The Bertz CT molecular complexity index is 1300. The van der Waals surface area contributed by atoms with E-state index in [-0.39, 0.29) is 54.7 Å². The molecular weight excluding hydrogens is 605 g/mol. The van der Waals surface area contributed by atoms with Crippen LogP contribution in [0.25, 0.3) is 0 Å². The van der Waals surface area contributed by atoms with E-state index in [2.05, 4.69) is 10.6 Å². The lowest BCUT2D eigenvalue weighted by Gasteiger charge is -2.35. The smallest absolute Gasteiger partial charge is 0.389 e. The summed E-state index contributed by atoms with van der Waals surface area (Å²) in [5, 5.41) is 15.4. The van der Waals surface area contributed by atoms with E-state index in [1.54, 1.807) is 26.1 Å². The van der Waals surface area contributed by atoms with E-state index in [4.69, 9.17) is 9.47 Å². The van der Waals surface area contributed by atoms with Crippen molar-refractivity contribution < 1.29 is 42.1 Å². The molecule has 254 valence electrons. The molecule has 0 saturated heterocycles. The van der Waals surface area contributed by atoms with Crippen LogP contribution in [0.15, 0.2) is 48.5 Å². The van der Waals surface area contributed by atoms with Crippen molar-refractivity contribution in [3.05, 3.63) is 54.1 Å².